The molecule has 0 aliphatic heterocycles. The largest absolute Gasteiger partial charge is 0.464 e. The Labute approximate surface area is 95.1 Å². The van der Waals surface area contributed by atoms with Crippen molar-refractivity contribution in [2.75, 3.05) is 25.0 Å². The smallest absolute Gasteiger partial charge is 0.139 e. The Morgan fingerprint density at radius 2 is 2.25 bits per heavy atom. The van der Waals surface area contributed by atoms with Crippen LogP contribution in [-0.4, -0.2) is 24.6 Å². The lowest BCUT2D eigenvalue weighted by Crippen LogP contribution is -2.17. The van der Waals surface area contributed by atoms with Crippen molar-refractivity contribution < 1.29 is 4.42 Å². The van der Waals surface area contributed by atoms with Gasteiger partial charge < -0.3 is 15.1 Å². The first-order chi connectivity index (χ1) is 7.92. The predicted molar refractivity (Wildman–Crippen MR) is 65.7 cm³/mol. The summed E-state index contributed by atoms with van der Waals surface area (Å²) in [7, 11) is 0. The van der Waals surface area contributed by atoms with Gasteiger partial charge in [-0.25, -0.2) is 4.98 Å². The number of rotatable bonds is 6. The average Bonchev–Trinajstić information content (AvgIpc) is 2.77. The van der Waals surface area contributed by atoms with Gasteiger partial charge >= 0.3 is 0 Å². The summed E-state index contributed by atoms with van der Waals surface area (Å²) in [6.45, 7) is 5.09. The van der Waals surface area contributed by atoms with Crippen LogP contribution in [0.5, 0.6) is 0 Å². The highest BCUT2D eigenvalue weighted by atomic mass is 16.3. The highest BCUT2D eigenvalue weighted by molar-refractivity contribution is 5.87. The lowest BCUT2D eigenvalue weighted by Gasteiger charge is -2.06. The van der Waals surface area contributed by atoms with Crippen LogP contribution in [0, 0.1) is 0 Å². The van der Waals surface area contributed by atoms with E-state index in [-0.39, 0.29) is 0 Å². The van der Waals surface area contributed by atoms with E-state index in [0.717, 1.165) is 42.8 Å². The Bertz CT molecular complexity index is 439. The van der Waals surface area contributed by atoms with Gasteiger partial charge in [-0.2, -0.15) is 0 Å². The highest BCUT2D eigenvalue weighted by Crippen LogP contribution is 2.21. The van der Waals surface area contributed by atoms with Crippen LogP contribution in [0.3, 0.4) is 0 Å². The van der Waals surface area contributed by atoms with Crippen LogP contribution in [0.15, 0.2) is 29.0 Å². The van der Waals surface area contributed by atoms with Crippen molar-refractivity contribution in [1.29, 1.82) is 0 Å². The lowest BCUT2D eigenvalue weighted by atomic mass is 10.3. The number of hydrogen-bond acceptors (Lipinski definition) is 4. The fourth-order valence-electron chi connectivity index (χ4n) is 1.63. The summed E-state index contributed by atoms with van der Waals surface area (Å²) in [4.78, 5) is 4.31. The highest BCUT2D eigenvalue weighted by Gasteiger charge is 2.02. The molecule has 0 fully saturated rings. The molecule has 0 aliphatic rings. The lowest BCUT2D eigenvalue weighted by molar-refractivity contribution is 0.615. The van der Waals surface area contributed by atoms with E-state index in [1.54, 1.807) is 12.5 Å². The minimum atomic E-state index is 0.879. The van der Waals surface area contributed by atoms with Crippen molar-refractivity contribution in [2.45, 2.75) is 13.3 Å². The van der Waals surface area contributed by atoms with Crippen molar-refractivity contribution in [3.63, 3.8) is 0 Å². The van der Waals surface area contributed by atoms with Crippen molar-refractivity contribution in [3.05, 3.63) is 24.6 Å². The fraction of sp³-hybridized carbons (Fsp3) is 0.417. The Morgan fingerprint density at radius 3 is 3.12 bits per heavy atom. The number of aromatic nitrogens is 1. The molecule has 86 valence electrons. The second-order valence-electron chi connectivity index (χ2n) is 3.63. The maximum atomic E-state index is 5.31. The molecule has 2 rings (SSSR count). The van der Waals surface area contributed by atoms with Crippen molar-refractivity contribution >= 4 is 16.8 Å². The van der Waals surface area contributed by atoms with Crippen LogP contribution in [0.25, 0.3) is 11.0 Å². The quantitative estimate of drug-likeness (QED) is 0.731. The van der Waals surface area contributed by atoms with Gasteiger partial charge in [-0.15, -0.1) is 0 Å². The summed E-state index contributed by atoms with van der Waals surface area (Å²) in [5.74, 6) is 0.905. The predicted octanol–water partition coefficient (Wildman–Crippen LogP) is 2.24. The van der Waals surface area contributed by atoms with Gasteiger partial charge in [0.15, 0.2) is 0 Å². The zero-order chi connectivity index (χ0) is 11.2. The number of hydrogen-bond donors (Lipinski definition) is 2. The van der Waals surface area contributed by atoms with Gasteiger partial charge in [-0.1, -0.05) is 6.92 Å². The van der Waals surface area contributed by atoms with Gasteiger partial charge in [-0.3, -0.25) is 0 Å². The van der Waals surface area contributed by atoms with E-state index in [2.05, 4.69) is 22.5 Å². The van der Waals surface area contributed by atoms with Crippen LogP contribution in [-0.2, 0) is 0 Å². The molecule has 4 nitrogen and oxygen atoms in total. The Kier molecular flexibility index (Phi) is 3.77. The molecule has 0 radical (unpaired) electrons. The SMILES string of the molecule is CCNCCCNc1nccc2occc12. The zero-order valence-corrected chi connectivity index (χ0v) is 9.49. The van der Waals surface area contributed by atoms with Crippen LogP contribution in [0.4, 0.5) is 5.82 Å². The maximum Gasteiger partial charge on any atom is 0.139 e. The Balaban J connectivity index is 1.91. The number of nitrogens with one attached hydrogen (secondary N) is 2. The third-order valence-corrected chi connectivity index (χ3v) is 2.45. The Morgan fingerprint density at radius 1 is 1.31 bits per heavy atom. The summed E-state index contributed by atoms with van der Waals surface area (Å²) >= 11 is 0. The second kappa shape index (κ2) is 5.51. The average molecular weight is 219 g/mol. The zero-order valence-electron chi connectivity index (χ0n) is 9.49. The fourth-order valence-corrected chi connectivity index (χ4v) is 1.63. The minimum Gasteiger partial charge on any atom is -0.464 e. The molecule has 16 heavy (non-hydrogen) atoms. The van der Waals surface area contributed by atoms with E-state index in [9.17, 15) is 0 Å². The minimum absolute atomic E-state index is 0.879. The third kappa shape index (κ3) is 2.52. The molecule has 0 saturated heterocycles. The van der Waals surface area contributed by atoms with E-state index < -0.39 is 0 Å². The van der Waals surface area contributed by atoms with Crippen molar-refractivity contribution in [1.82, 2.24) is 10.3 Å². The molecule has 2 heterocycles. The van der Waals surface area contributed by atoms with Gasteiger partial charge in [-0.05, 0) is 31.6 Å². The number of nitrogens with zero attached hydrogens (tertiary/aromatic N) is 1. The van der Waals surface area contributed by atoms with E-state index in [4.69, 9.17) is 4.42 Å². The summed E-state index contributed by atoms with van der Waals surface area (Å²) in [5, 5.41) is 7.66. The summed E-state index contributed by atoms with van der Waals surface area (Å²) in [6.07, 6.45) is 4.54. The van der Waals surface area contributed by atoms with Crippen LogP contribution < -0.4 is 10.6 Å². The summed E-state index contributed by atoms with van der Waals surface area (Å²) in [5.41, 5.74) is 0.879. The molecule has 0 aromatic carbocycles. The second-order valence-corrected chi connectivity index (χ2v) is 3.63. The molecule has 0 spiro atoms. The molecule has 0 bridgehead atoms. The molecule has 2 aromatic heterocycles. The molecule has 4 heteroatoms. The molecule has 0 atom stereocenters. The van der Waals surface area contributed by atoms with Crippen LogP contribution in [0.2, 0.25) is 0 Å². The number of fused-ring (bicyclic) bond motifs is 1. The molecule has 0 unspecified atom stereocenters. The summed E-state index contributed by atoms with van der Waals surface area (Å²) in [6, 6.07) is 3.81. The Hall–Kier alpha value is -1.55. The molecule has 0 saturated carbocycles. The van der Waals surface area contributed by atoms with E-state index in [1.807, 2.05) is 12.1 Å². The first-order valence-corrected chi connectivity index (χ1v) is 5.68. The molecule has 2 N–H and O–H groups in total. The normalized spacial score (nSPS) is 10.8. The van der Waals surface area contributed by atoms with Crippen molar-refractivity contribution in [2.24, 2.45) is 0 Å². The molecule has 2 aromatic rings. The summed E-state index contributed by atoms with van der Waals surface area (Å²) < 4.78 is 5.31. The van der Waals surface area contributed by atoms with Gasteiger partial charge in [0.1, 0.15) is 11.4 Å². The third-order valence-electron chi connectivity index (χ3n) is 2.45. The van der Waals surface area contributed by atoms with E-state index >= 15 is 0 Å². The maximum absolute atomic E-state index is 5.31. The van der Waals surface area contributed by atoms with Crippen molar-refractivity contribution in [3.8, 4) is 0 Å². The van der Waals surface area contributed by atoms with Crippen LogP contribution >= 0.6 is 0 Å². The number of pyridine rings is 1. The number of anilines is 1. The van der Waals surface area contributed by atoms with E-state index in [0.29, 0.717) is 0 Å². The first kappa shape index (κ1) is 11.0. The van der Waals surface area contributed by atoms with Crippen LogP contribution in [0.1, 0.15) is 13.3 Å². The first-order valence-electron chi connectivity index (χ1n) is 5.68. The van der Waals surface area contributed by atoms with Gasteiger partial charge in [0.05, 0.1) is 11.6 Å². The monoisotopic (exact) mass is 219 g/mol. The van der Waals surface area contributed by atoms with Gasteiger partial charge in [0.2, 0.25) is 0 Å². The topological polar surface area (TPSA) is 50.1 Å². The standard InChI is InChI=1S/C12H17N3O/c1-2-13-6-3-7-14-12-10-5-9-16-11(10)4-8-15-12/h4-5,8-9,13H,2-3,6-7H2,1H3,(H,14,15). The van der Waals surface area contributed by atoms with Gasteiger partial charge in [0.25, 0.3) is 0 Å². The van der Waals surface area contributed by atoms with Gasteiger partial charge in [0, 0.05) is 12.7 Å². The molecular weight excluding hydrogens is 202 g/mol. The number of furan rings is 1. The molecule has 0 aliphatic carbocycles. The van der Waals surface area contributed by atoms with E-state index in [1.165, 1.54) is 0 Å². The molecule has 0 amide bonds. The molecular formula is C12H17N3O.